The minimum absolute atomic E-state index is 1.02. The summed E-state index contributed by atoms with van der Waals surface area (Å²) in [4.78, 5) is 23.6. The number of hydrogen-bond donors (Lipinski definition) is 3. The molecule has 0 heterocycles. The SMILES string of the molecule is CO[PH](O)(O)O. The van der Waals surface area contributed by atoms with E-state index in [1.165, 1.54) is 0 Å². The molecule has 3 N–H and O–H groups in total. The fraction of sp³-hybridized carbons (Fsp3) is 1.00. The standard InChI is InChI=1S/CH7O4P/c1-5-6(2,3)4/h2-4,6H,1H3. The van der Waals surface area contributed by atoms with Crippen LogP contribution in [0.4, 0.5) is 0 Å². The minimum atomic E-state index is -4.13. The van der Waals surface area contributed by atoms with E-state index in [1.54, 1.807) is 0 Å². The summed E-state index contributed by atoms with van der Waals surface area (Å²) in [5.74, 6) is 0. The Morgan fingerprint density at radius 2 is 1.50 bits per heavy atom. The molecule has 5 heteroatoms. The summed E-state index contributed by atoms with van der Waals surface area (Å²) >= 11 is 0. The van der Waals surface area contributed by atoms with Gasteiger partial charge in [0.15, 0.2) is 0 Å². The maximum atomic E-state index is 7.85. The molecule has 40 valence electrons. The molecule has 4 nitrogen and oxygen atoms in total. The summed E-state index contributed by atoms with van der Waals surface area (Å²) in [5, 5.41) is 0. The number of rotatable bonds is 1. The van der Waals surface area contributed by atoms with Crippen LogP contribution in [-0.4, -0.2) is 21.8 Å². The van der Waals surface area contributed by atoms with E-state index in [1.807, 2.05) is 0 Å². The van der Waals surface area contributed by atoms with E-state index in [4.69, 9.17) is 14.7 Å². The van der Waals surface area contributed by atoms with Gasteiger partial charge in [0, 0.05) is 0 Å². The first kappa shape index (κ1) is 6.27. The van der Waals surface area contributed by atoms with Gasteiger partial charge in [0.1, 0.15) is 0 Å². The van der Waals surface area contributed by atoms with E-state index in [0.29, 0.717) is 0 Å². The van der Waals surface area contributed by atoms with Crippen molar-refractivity contribution in [3.8, 4) is 0 Å². The molecule has 0 rings (SSSR count). The van der Waals surface area contributed by atoms with Gasteiger partial charge in [-0.15, -0.1) is 0 Å². The average Bonchev–Trinajstić information content (AvgIpc) is 1.35. The van der Waals surface area contributed by atoms with Gasteiger partial charge in [0.25, 0.3) is 0 Å². The summed E-state index contributed by atoms with van der Waals surface area (Å²) in [6.45, 7) is 0. The van der Waals surface area contributed by atoms with Crippen molar-refractivity contribution in [1.29, 1.82) is 0 Å². The molecular formula is CH7O4P. The third-order valence-corrected chi connectivity index (χ3v) is 0.822. The Morgan fingerprint density at radius 1 is 1.33 bits per heavy atom. The second-order valence-electron chi connectivity index (χ2n) is 0.778. The Balaban J connectivity index is 3.17. The number of hydrogen-bond acceptors (Lipinski definition) is 4. The zero-order valence-electron chi connectivity index (χ0n) is 3.25. The van der Waals surface area contributed by atoms with Crippen LogP contribution >= 0.6 is 8.17 Å². The first-order valence-electron chi connectivity index (χ1n) is 1.28. The quantitative estimate of drug-likeness (QED) is 0.383. The van der Waals surface area contributed by atoms with Gasteiger partial charge in [-0.25, -0.2) is 0 Å². The Labute approximate surface area is 35.7 Å². The predicted octanol–water partition coefficient (Wildman–Crippen LogP) is -0.980. The van der Waals surface area contributed by atoms with Crippen LogP contribution in [0.25, 0.3) is 0 Å². The summed E-state index contributed by atoms with van der Waals surface area (Å²) in [5.41, 5.74) is 0. The Kier molecular flexibility index (Phi) is 1.90. The van der Waals surface area contributed by atoms with E-state index in [2.05, 4.69) is 4.52 Å². The molecule has 0 fully saturated rings. The van der Waals surface area contributed by atoms with Crippen molar-refractivity contribution < 1.29 is 19.2 Å². The van der Waals surface area contributed by atoms with Crippen LogP contribution < -0.4 is 0 Å². The zero-order chi connectivity index (χ0) is 5.21. The molecule has 0 unspecified atom stereocenters. The molecule has 0 spiro atoms. The molecule has 0 saturated heterocycles. The molecule has 0 aromatic heterocycles. The molecule has 0 aromatic rings. The Bertz CT molecular complexity index is 37.3. The van der Waals surface area contributed by atoms with Crippen molar-refractivity contribution in [3.63, 3.8) is 0 Å². The monoisotopic (exact) mass is 114 g/mol. The first-order chi connectivity index (χ1) is 2.56. The Morgan fingerprint density at radius 3 is 1.50 bits per heavy atom. The van der Waals surface area contributed by atoms with Gasteiger partial charge in [-0.05, 0) is 0 Å². The third-order valence-electron chi connectivity index (χ3n) is 0.274. The average molecular weight is 114 g/mol. The van der Waals surface area contributed by atoms with Gasteiger partial charge in [-0.1, -0.05) is 0 Å². The van der Waals surface area contributed by atoms with Crippen LogP contribution in [0.15, 0.2) is 0 Å². The van der Waals surface area contributed by atoms with E-state index < -0.39 is 8.17 Å². The molecule has 0 aliphatic carbocycles. The normalized spacial score (nSPS) is 14.7. The first-order valence-corrected chi connectivity index (χ1v) is 3.03. The zero-order valence-corrected chi connectivity index (χ0v) is 4.25. The van der Waals surface area contributed by atoms with Crippen LogP contribution in [0.1, 0.15) is 0 Å². The fourth-order valence-electron chi connectivity index (χ4n) is 0. The van der Waals surface area contributed by atoms with Crippen molar-refractivity contribution in [2.45, 2.75) is 0 Å². The van der Waals surface area contributed by atoms with E-state index in [9.17, 15) is 0 Å². The second-order valence-corrected chi connectivity index (χ2v) is 2.33. The van der Waals surface area contributed by atoms with E-state index >= 15 is 0 Å². The van der Waals surface area contributed by atoms with Gasteiger partial charge >= 0.3 is 34.5 Å². The Hall–Kier alpha value is 0.270. The summed E-state index contributed by atoms with van der Waals surface area (Å²) in [6, 6.07) is 0. The molecule has 0 aromatic carbocycles. The summed E-state index contributed by atoms with van der Waals surface area (Å²) < 4.78 is 3.74. The van der Waals surface area contributed by atoms with Gasteiger partial charge in [0.05, 0.1) is 0 Å². The fourth-order valence-corrected chi connectivity index (χ4v) is 0. The molecule has 0 saturated carbocycles. The van der Waals surface area contributed by atoms with Crippen molar-refractivity contribution in [3.05, 3.63) is 0 Å². The van der Waals surface area contributed by atoms with Crippen LogP contribution in [0, 0.1) is 0 Å². The molecule has 6 heavy (non-hydrogen) atoms. The van der Waals surface area contributed by atoms with E-state index in [0.717, 1.165) is 7.11 Å². The van der Waals surface area contributed by atoms with Crippen molar-refractivity contribution in [2.24, 2.45) is 0 Å². The second kappa shape index (κ2) is 1.82. The maximum absolute atomic E-state index is 7.85. The molecular weight excluding hydrogens is 107 g/mol. The van der Waals surface area contributed by atoms with Crippen molar-refractivity contribution >= 4 is 8.17 Å². The van der Waals surface area contributed by atoms with Crippen LogP contribution in [-0.2, 0) is 4.52 Å². The van der Waals surface area contributed by atoms with Gasteiger partial charge in [-0.2, -0.15) is 0 Å². The topological polar surface area (TPSA) is 69.9 Å². The van der Waals surface area contributed by atoms with Crippen LogP contribution in [0.5, 0.6) is 0 Å². The molecule has 0 radical (unpaired) electrons. The molecule has 0 aliphatic rings. The van der Waals surface area contributed by atoms with Crippen LogP contribution in [0.3, 0.4) is 0 Å². The molecule has 0 amide bonds. The van der Waals surface area contributed by atoms with E-state index in [-0.39, 0.29) is 0 Å². The van der Waals surface area contributed by atoms with Gasteiger partial charge < -0.3 is 0 Å². The molecule has 0 aliphatic heterocycles. The summed E-state index contributed by atoms with van der Waals surface area (Å²) in [7, 11) is -3.11. The summed E-state index contributed by atoms with van der Waals surface area (Å²) in [6.07, 6.45) is 0. The van der Waals surface area contributed by atoms with Gasteiger partial charge in [-0.3, -0.25) is 0 Å². The van der Waals surface area contributed by atoms with Crippen molar-refractivity contribution in [2.75, 3.05) is 7.11 Å². The predicted molar refractivity (Wildman–Crippen MR) is 22.0 cm³/mol. The van der Waals surface area contributed by atoms with Gasteiger partial charge in [0.2, 0.25) is 0 Å². The third kappa shape index (κ3) is 4.27. The van der Waals surface area contributed by atoms with Crippen molar-refractivity contribution in [1.82, 2.24) is 0 Å². The van der Waals surface area contributed by atoms with Crippen LogP contribution in [0.2, 0.25) is 0 Å². The molecule has 0 atom stereocenters. The molecule has 0 bridgehead atoms.